The van der Waals surface area contributed by atoms with Crippen LogP contribution < -0.4 is 5.73 Å². The van der Waals surface area contributed by atoms with E-state index in [1.54, 1.807) is 6.20 Å². The van der Waals surface area contributed by atoms with Gasteiger partial charge in [0.25, 0.3) is 0 Å². The summed E-state index contributed by atoms with van der Waals surface area (Å²) in [5, 5.41) is 0.866. The maximum absolute atomic E-state index is 5.49. The van der Waals surface area contributed by atoms with Crippen LogP contribution in [-0.4, -0.2) is 4.98 Å². The summed E-state index contributed by atoms with van der Waals surface area (Å²) in [6, 6.07) is 0. The molecule has 0 aliphatic rings. The van der Waals surface area contributed by atoms with Crippen molar-refractivity contribution in [2.45, 2.75) is 0 Å². The Labute approximate surface area is 56.6 Å². The van der Waals surface area contributed by atoms with Gasteiger partial charge in [-0.25, -0.2) is 0 Å². The molecule has 0 unspecified atom stereocenters. The van der Waals surface area contributed by atoms with Crippen molar-refractivity contribution in [2.24, 2.45) is 0 Å². The van der Waals surface area contributed by atoms with E-state index in [1.807, 2.05) is 0 Å². The van der Waals surface area contributed by atoms with Crippen LogP contribution in [0.2, 0.25) is 10.2 Å². The molecule has 1 aromatic rings. The standard InChI is InChI=1S/C4H4Cl2N2/c5-2-1-8-4(6)3(2)7/h1,8H,7H2. The largest absolute Gasteiger partial charge is 0.395 e. The van der Waals surface area contributed by atoms with Gasteiger partial charge in [0.15, 0.2) is 0 Å². The van der Waals surface area contributed by atoms with Crippen LogP contribution in [0.1, 0.15) is 0 Å². The number of anilines is 1. The first-order chi connectivity index (χ1) is 3.72. The van der Waals surface area contributed by atoms with Crippen LogP contribution in [0.5, 0.6) is 0 Å². The summed E-state index contributed by atoms with van der Waals surface area (Å²) in [6.45, 7) is 0. The van der Waals surface area contributed by atoms with E-state index in [-0.39, 0.29) is 0 Å². The summed E-state index contributed by atoms with van der Waals surface area (Å²) < 4.78 is 0. The van der Waals surface area contributed by atoms with E-state index in [1.165, 1.54) is 0 Å². The van der Waals surface area contributed by atoms with E-state index in [0.717, 1.165) is 0 Å². The average Bonchev–Trinajstić information content (AvgIpc) is 1.98. The molecule has 4 heteroatoms. The van der Waals surface area contributed by atoms with Gasteiger partial charge in [-0.15, -0.1) is 0 Å². The number of aromatic amines is 1. The maximum Gasteiger partial charge on any atom is 0.131 e. The number of hydrogen-bond donors (Lipinski definition) is 2. The zero-order valence-corrected chi connectivity index (χ0v) is 5.42. The highest BCUT2D eigenvalue weighted by atomic mass is 35.5. The van der Waals surface area contributed by atoms with Gasteiger partial charge < -0.3 is 10.7 Å². The monoisotopic (exact) mass is 150 g/mol. The van der Waals surface area contributed by atoms with Crippen LogP contribution >= 0.6 is 23.2 Å². The molecule has 0 atom stereocenters. The fraction of sp³-hybridized carbons (Fsp3) is 0. The van der Waals surface area contributed by atoms with E-state index in [9.17, 15) is 0 Å². The summed E-state index contributed by atoms with van der Waals surface area (Å²) >= 11 is 11.0. The lowest BCUT2D eigenvalue weighted by molar-refractivity contribution is 1.41. The molecule has 0 radical (unpaired) electrons. The van der Waals surface area contributed by atoms with E-state index in [4.69, 9.17) is 28.9 Å². The number of halogens is 2. The summed E-state index contributed by atoms with van der Waals surface area (Å²) in [7, 11) is 0. The Morgan fingerprint density at radius 3 is 2.25 bits per heavy atom. The number of nitrogen functional groups attached to an aromatic ring is 1. The van der Waals surface area contributed by atoms with Gasteiger partial charge in [-0.05, 0) is 0 Å². The van der Waals surface area contributed by atoms with E-state index in [2.05, 4.69) is 4.98 Å². The molecule has 1 rings (SSSR count). The van der Waals surface area contributed by atoms with Crippen LogP contribution in [0.15, 0.2) is 6.20 Å². The van der Waals surface area contributed by atoms with Gasteiger partial charge in [0.05, 0.1) is 10.7 Å². The second kappa shape index (κ2) is 1.88. The molecule has 0 bridgehead atoms. The van der Waals surface area contributed by atoms with Crippen LogP contribution in [0.4, 0.5) is 5.69 Å². The fourth-order valence-electron chi connectivity index (χ4n) is 0.387. The second-order valence-corrected chi connectivity index (χ2v) is 2.15. The Balaban J connectivity index is 3.19. The lowest BCUT2D eigenvalue weighted by Gasteiger charge is -1.83. The Kier molecular flexibility index (Phi) is 1.36. The normalized spacial score (nSPS) is 9.75. The molecule has 8 heavy (non-hydrogen) atoms. The van der Waals surface area contributed by atoms with E-state index >= 15 is 0 Å². The number of nitrogens with one attached hydrogen (secondary N) is 1. The average molecular weight is 151 g/mol. The van der Waals surface area contributed by atoms with Crippen LogP contribution in [-0.2, 0) is 0 Å². The molecule has 0 saturated carbocycles. The highest BCUT2D eigenvalue weighted by Gasteiger charge is 2.00. The smallest absolute Gasteiger partial charge is 0.131 e. The number of hydrogen-bond acceptors (Lipinski definition) is 1. The summed E-state index contributed by atoms with van der Waals surface area (Å²) in [6.07, 6.45) is 1.54. The minimum atomic E-state index is 0.398. The highest BCUT2D eigenvalue weighted by Crippen LogP contribution is 2.25. The van der Waals surface area contributed by atoms with Crippen molar-refractivity contribution in [2.75, 3.05) is 5.73 Å². The third-order valence-electron chi connectivity index (χ3n) is 0.819. The predicted octanol–water partition coefficient (Wildman–Crippen LogP) is 1.90. The van der Waals surface area contributed by atoms with Crippen molar-refractivity contribution in [3.8, 4) is 0 Å². The Hall–Kier alpha value is -0.340. The summed E-state index contributed by atoms with van der Waals surface area (Å²) in [4.78, 5) is 2.65. The second-order valence-electron chi connectivity index (χ2n) is 1.36. The minimum Gasteiger partial charge on any atom is -0.395 e. The molecule has 1 heterocycles. The Bertz CT molecular complexity index is 174. The summed E-state index contributed by atoms with van der Waals surface area (Å²) in [5.41, 5.74) is 5.72. The zero-order chi connectivity index (χ0) is 6.15. The third-order valence-corrected chi connectivity index (χ3v) is 1.44. The van der Waals surface area contributed by atoms with Crippen molar-refractivity contribution in [3.63, 3.8) is 0 Å². The van der Waals surface area contributed by atoms with Gasteiger partial charge in [-0.2, -0.15) is 0 Å². The zero-order valence-electron chi connectivity index (χ0n) is 3.91. The maximum atomic E-state index is 5.49. The fourth-order valence-corrected chi connectivity index (χ4v) is 0.741. The molecule has 0 spiro atoms. The molecule has 3 N–H and O–H groups in total. The van der Waals surface area contributed by atoms with Crippen molar-refractivity contribution < 1.29 is 0 Å². The molecule has 1 aromatic heterocycles. The molecule has 0 amide bonds. The summed E-state index contributed by atoms with van der Waals surface area (Å²) in [5.74, 6) is 0. The number of aromatic nitrogens is 1. The van der Waals surface area contributed by atoms with Gasteiger partial charge in [-0.3, -0.25) is 0 Å². The molecule has 0 aromatic carbocycles. The molecule has 0 fully saturated rings. The van der Waals surface area contributed by atoms with Gasteiger partial charge in [0.1, 0.15) is 5.15 Å². The van der Waals surface area contributed by atoms with Crippen LogP contribution in [0.3, 0.4) is 0 Å². The lowest BCUT2D eigenvalue weighted by Crippen LogP contribution is -1.80. The molecular formula is C4H4Cl2N2. The number of H-pyrrole nitrogens is 1. The van der Waals surface area contributed by atoms with Crippen LogP contribution in [0, 0.1) is 0 Å². The van der Waals surface area contributed by atoms with E-state index in [0.29, 0.717) is 15.9 Å². The van der Waals surface area contributed by atoms with Crippen LogP contribution in [0.25, 0.3) is 0 Å². The predicted molar refractivity (Wildman–Crippen MR) is 35.2 cm³/mol. The van der Waals surface area contributed by atoms with E-state index < -0.39 is 0 Å². The highest BCUT2D eigenvalue weighted by molar-refractivity contribution is 6.38. The quantitative estimate of drug-likeness (QED) is 0.584. The first-order valence-corrected chi connectivity index (χ1v) is 2.75. The van der Waals surface area contributed by atoms with Gasteiger partial charge >= 0.3 is 0 Å². The number of rotatable bonds is 0. The van der Waals surface area contributed by atoms with Crippen molar-refractivity contribution in [1.29, 1.82) is 0 Å². The molecule has 0 aliphatic heterocycles. The molecule has 0 saturated heterocycles. The van der Waals surface area contributed by atoms with Gasteiger partial charge in [0, 0.05) is 6.20 Å². The van der Waals surface area contributed by atoms with Crippen molar-refractivity contribution in [1.82, 2.24) is 4.98 Å². The Morgan fingerprint density at radius 2 is 2.12 bits per heavy atom. The molecule has 44 valence electrons. The minimum absolute atomic E-state index is 0.398. The first kappa shape index (κ1) is 5.79. The molecule has 0 aliphatic carbocycles. The topological polar surface area (TPSA) is 41.8 Å². The Morgan fingerprint density at radius 1 is 1.50 bits per heavy atom. The molecular weight excluding hydrogens is 147 g/mol. The number of nitrogens with two attached hydrogens (primary N) is 1. The van der Waals surface area contributed by atoms with Crippen molar-refractivity contribution >= 4 is 28.9 Å². The first-order valence-electron chi connectivity index (χ1n) is 1.99. The van der Waals surface area contributed by atoms with Gasteiger partial charge in [-0.1, -0.05) is 23.2 Å². The van der Waals surface area contributed by atoms with Crippen molar-refractivity contribution in [3.05, 3.63) is 16.4 Å². The lowest BCUT2D eigenvalue weighted by atomic mass is 10.6. The van der Waals surface area contributed by atoms with Gasteiger partial charge in [0.2, 0.25) is 0 Å². The molecule has 2 nitrogen and oxygen atoms in total. The SMILES string of the molecule is Nc1c(Cl)c[nH]c1Cl. The third kappa shape index (κ3) is 0.767.